The van der Waals surface area contributed by atoms with E-state index in [0.29, 0.717) is 19.0 Å². The lowest BCUT2D eigenvalue weighted by Gasteiger charge is -2.29. The minimum absolute atomic E-state index is 0. The molecule has 8 heteroatoms. The van der Waals surface area contributed by atoms with E-state index < -0.39 is 0 Å². The lowest BCUT2D eigenvalue weighted by molar-refractivity contribution is -0.130. The predicted octanol–water partition coefficient (Wildman–Crippen LogP) is 3.00. The van der Waals surface area contributed by atoms with Crippen LogP contribution in [0.25, 0.3) is 0 Å². The summed E-state index contributed by atoms with van der Waals surface area (Å²) in [5.41, 5.74) is 3.75. The molecule has 2 heterocycles. The first-order valence-corrected chi connectivity index (χ1v) is 9.84. The highest BCUT2D eigenvalue weighted by molar-refractivity contribution is 14.0. The van der Waals surface area contributed by atoms with Gasteiger partial charge in [0.25, 0.3) is 0 Å². The van der Waals surface area contributed by atoms with Gasteiger partial charge in [-0.3, -0.25) is 9.79 Å². The summed E-state index contributed by atoms with van der Waals surface area (Å²) in [5, 5.41) is 3.20. The highest BCUT2D eigenvalue weighted by Gasteiger charge is 2.20. The minimum Gasteiger partial charge on any atom is -0.352 e. The monoisotopic (exact) mass is 559 g/mol. The molecule has 28 heavy (non-hydrogen) atoms. The Morgan fingerprint density at radius 1 is 1.32 bits per heavy atom. The number of aromatic nitrogens is 1. The zero-order valence-corrected chi connectivity index (χ0v) is 20.4. The van der Waals surface area contributed by atoms with Crippen LogP contribution >= 0.6 is 39.9 Å². The molecule has 0 atom stereocenters. The lowest BCUT2D eigenvalue weighted by Crippen LogP contribution is -2.46. The number of nitrogens with one attached hydrogen (secondary N) is 1. The van der Waals surface area contributed by atoms with Gasteiger partial charge in [0.15, 0.2) is 5.96 Å². The molecule has 152 valence electrons. The molecule has 0 radical (unpaired) electrons. The standard InChI is InChI=1S/C20H26BrN5O.HI/c1-22-20(25(3)14-18-10-17(21)13-24(18)2)23-11-19(27)26-9-8-15-6-4-5-7-16(15)12-26;/h4-7,10,13H,8-9,11-12,14H2,1-3H3,(H,22,23);1H. The number of nitrogens with zero attached hydrogens (tertiary/aromatic N) is 4. The Bertz CT molecular complexity index is 851. The normalized spacial score (nSPS) is 13.6. The molecular weight excluding hydrogens is 533 g/mol. The van der Waals surface area contributed by atoms with Crippen molar-refractivity contribution in [3.05, 3.63) is 57.8 Å². The predicted molar refractivity (Wildman–Crippen MR) is 127 cm³/mol. The van der Waals surface area contributed by atoms with Crippen molar-refractivity contribution in [3.63, 3.8) is 0 Å². The maximum Gasteiger partial charge on any atom is 0.242 e. The molecule has 1 aliphatic rings. The van der Waals surface area contributed by atoms with Crippen molar-refractivity contribution in [2.75, 3.05) is 27.2 Å². The van der Waals surface area contributed by atoms with Crippen LogP contribution in [-0.2, 0) is 31.4 Å². The van der Waals surface area contributed by atoms with E-state index >= 15 is 0 Å². The van der Waals surface area contributed by atoms with Gasteiger partial charge in [0, 0.05) is 50.6 Å². The van der Waals surface area contributed by atoms with Crippen LogP contribution < -0.4 is 5.32 Å². The summed E-state index contributed by atoms with van der Waals surface area (Å²) in [7, 11) is 5.72. The van der Waals surface area contributed by atoms with Crippen molar-refractivity contribution in [3.8, 4) is 0 Å². The van der Waals surface area contributed by atoms with E-state index in [0.717, 1.165) is 23.1 Å². The van der Waals surface area contributed by atoms with Crippen LogP contribution in [0.3, 0.4) is 0 Å². The second kappa shape index (κ2) is 10.3. The van der Waals surface area contributed by atoms with E-state index in [9.17, 15) is 4.79 Å². The maximum absolute atomic E-state index is 12.6. The molecule has 1 N–H and O–H groups in total. The topological polar surface area (TPSA) is 52.9 Å². The number of benzene rings is 1. The first-order chi connectivity index (χ1) is 13.0. The summed E-state index contributed by atoms with van der Waals surface area (Å²) in [6.07, 6.45) is 2.94. The number of fused-ring (bicyclic) bond motifs is 1. The van der Waals surface area contributed by atoms with Crippen molar-refractivity contribution in [2.45, 2.75) is 19.5 Å². The number of carbonyl (C=O) groups is 1. The molecule has 0 bridgehead atoms. The average molecular weight is 560 g/mol. The second-order valence-electron chi connectivity index (χ2n) is 6.85. The molecule has 0 fully saturated rings. The molecule has 1 aliphatic heterocycles. The van der Waals surface area contributed by atoms with Crippen LogP contribution in [0.15, 0.2) is 46.0 Å². The lowest BCUT2D eigenvalue weighted by atomic mass is 10.00. The fourth-order valence-corrected chi connectivity index (χ4v) is 3.97. The molecule has 0 unspecified atom stereocenters. The highest BCUT2D eigenvalue weighted by Crippen LogP contribution is 2.18. The third-order valence-electron chi connectivity index (χ3n) is 4.93. The largest absolute Gasteiger partial charge is 0.352 e. The van der Waals surface area contributed by atoms with Crippen LogP contribution in [0.4, 0.5) is 0 Å². The van der Waals surface area contributed by atoms with E-state index in [1.54, 1.807) is 7.05 Å². The Kier molecular flexibility index (Phi) is 8.36. The van der Waals surface area contributed by atoms with Crippen LogP contribution in [0.1, 0.15) is 16.8 Å². The third kappa shape index (κ3) is 5.50. The second-order valence-corrected chi connectivity index (χ2v) is 7.77. The van der Waals surface area contributed by atoms with Gasteiger partial charge >= 0.3 is 0 Å². The minimum atomic E-state index is 0. The number of aliphatic imine (C=N–C) groups is 1. The smallest absolute Gasteiger partial charge is 0.242 e. The molecule has 1 aromatic carbocycles. The molecular formula is C20H27BrIN5O. The van der Waals surface area contributed by atoms with Gasteiger partial charge in [-0.25, -0.2) is 0 Å². The number of amides is 1. The quantitative estimate of drug-likeness (QED) is 0.356. The van der Waals surface area contributed by atoms with Crippen molar-refractivity contribution < 1.29 is 4.79 Å². The summed E-state index contributed by atoms with van der Waals surface area (Å²) < 4.78 is 3.13. The van der Waals surface area contributed by atoms with E-state index in [2.05, 4.69) is 55.1 Å². The number of halogens is 2. The van der Waals surface area contributed by atoms with Crippen LogP contribution in [0.5, 0.6) is 0 Å². The molecule has 6 nitrogen and oxygen atoms in total. The van der Waals surface area contributed by atoms with Gasteiger partial charge in [-0.2, -0.15) is 0 Å². The summed E-state index contributed by atoms with van der Waals surface area (Å²) in [6.45, 7) is 2.40. The average Bonchev–Trinajstić information content (AvgIpc) is 2.98. The van der Waals surface area contributed by atoms with Crippen molar-refractivity contribution in [2.24, 2.45) is 12.0 Å². The third-order valence-corrected chi connectivity index (χ3v) is 5.36. The molecule has 2 aromatic rings. The van der Waals surface area contributed by atoms with Gasteiger partial charge in [0.2, 0.25) is 5.91 Å². The first kappa shape index (κ1) is 22.7. The summed E-state index contributed by atoms with van der Waals surface area (Å²) in [5.74, 6) is 0.804. The number of guanidine groups is 1. The van der Waals surface area contributed by atoms with Crippen molar-refractivity contribution in [1.29, 1.82) is 0 Å². The summed E-state index contributed by atoms with van der Waals surface area (Å²) in [6, 6.07) is 10.4. The van der Waals surface area contributed by atoms with Crippen LogP contribution in [0, 0.1) is 0 Å². The van der Waals surface area contributed by atoms with E-state index in [4.69, 9.17) is 0 Å². The SMILES string of the molecule is CN=C(NCC(=O)N1CCc2ccccc2C1)N(C)Cc1cc(Br)cn1C.I. The molecule has 0 saturated carbocycles. The van der Waals surface area contributed by atoms with Crippen molar-refractivity contribution in [1.82, 2.24) is 19.7 Å². The zero-order valence-electron chi connectivity index (χ0n) is 16.5. The Hall–Kier alpha value is -1.55. The van der Waals surface area contributed by atoms with Gasteiger partial charge in [0.1, 0.15) is 0 Å². The molecule has 0 spiro atoms. The Balaban J connectivity index is 0.00000280. The van der Waals surface area contributed by atoms with Gasteiger partial charge in [0.05, 0.1) is 13.1 Å². The fourth-order valence-electron chi connectivity index (χ4n) is 3.40. The first-order valence-electron chi connectivity index (χ1n) is 9.05. The molecule has 0 saturated heterocycles. The summed E-state index contributed by atoms with van der Waals surface area (Å²) >= 11 is 3.50. The zero-order chi connectivity index (χ0) is 19.4. The Morgan fingerprint density at radius 2 is 2.04 bits per heavy atom. The molecule has 1 amide bonds. The van der Waals surface area contributed by atoms with E-state index in [-0.39, 0.29) is 36.4 Å². The van der Waals surface area contributed by atoms with Crippen molar-refractivity contribution >= 4 is 51.8 Å². The van der Waals surface area contributed by atoms with E-state index in [1.165, 1.54) is 11.1 Å². The Morgan fingerprint density at radius 3 is 2.68 bits per heavy atom. The highest BCUT2D eigenvalue weighted by atomic mass is 127. The number of aryl methyl sites for hydroxylation is 1. The summed E-state index contributed by atoms with van der Waals surface area (Å²) in [4.78, 5) is 20.9. The Labute approximate surface area is 192 Å². The number of carbonyl (C=O) groups excluding carboxylic acids is 1. The van der Waals surface area contributed by atoms with Gasteiger partial charge in [-0.05, 0) is 39.5 Å². The van der Waals surface area contributed by atoms with Gasteiger partial charge < -0.3 is 19.7 Å². The molecule has 1 aromatic heterocycles. The maximum atomic E-state index is 12.6. The van der Waals surface area contributed by atoms with Crippen LogP contribution in [-0.4, -0.2) is 53.4 Å². The number of hydrogen-bond donors (Lipinski definition) is 1. The van der Waals surface area contributed by atoms with Gasteiger partial charge in [-0.1, -0.05) is 24.3 Å². The van der Waals surface area contributed by atoms with Crippen LogP contribution in [0.2, 0.25) is 0 Å². The number of rotatable bonds is 4. The molecule has 3 rings (SSSR count). The van der Waals surface area contributed by atoms with Gasteiger partial charge in [-0.15, -0.1) is 24.0 Å². The fraction of sp³-hybridized carbons (Fsp3) is 0.400. The number of hydrogen-bond acceptors (Lipinski definition) is 2. The molecule has 0 aliphatic carbocycles. The van der Waals surface area contributed by atoms with E-state index in [1.807, 2.05) is 36.2 Å².